The lowest BCUT2D eigenvalue weighted by molar-refractivity contribution is 0.0520. The van der Waals surface area contributed by atoms with Gasteiger partial charge in [-0.25, -0.2) is 4.79 Å². The largest absolute Gasteiger partial charge is 0.461 e. The van der Waals surface area contributed by atoms with Gasteiger partial charge in [0.25, 0.3) is 0 Å². The van der Waals surface area contributed by atoms with Crippen molar-refractivity contribution in [2.24, 2.45) is 9.98 Å². The number of ether oxygens (including phenoxy) is 1. The maximum atomic E-state index is 12.2. The molecule has 0 spiro atoms. The number of hydrogen-bond acceptors (Lipinski definition) is 6. The van der Waals surface area contributed by atoms with Crippen LogP contribution in [0.4, 0.5) is 11.5 Å². The van der Waals surface area contributed by atoms with Gasteiger partial charge in [0.05, 0.1) is 18.0 Å². The fourth-order valence-electron chi connectivity index (χ4n) is 2.29. The molecule has 0 fully saturated rings. The Hall–Kier alpha value is -3.28. The van der Waals surface area contributed by atoms with Gasteiger partial charge in [-0.1, -0.05) is 28.9 Å². The molecule has 0 aliphatic rings. The number of carbonyl (C=O) groups excluding carboxylic acids is 1. The van der Waals surface area contributed by atoms with Crippen LogP contribution in [0.1, 0.15) is 23.0 Å². The lowest BCUT2D eigenvalue weighted by Gasteiger charge is -2.03. The van der Waals surface area contributed by atoms with Crippen molar-refractivity contribution in [1.82, 2.24) is 15.0 Å². The Kier molecular flexibility index (Phi) is 5.76. The number of rotatable bonds is 5. The van der Waals surface area contributed by atoms with Crippen LogP contribution in [0.25, 0.3) is 5.69 Å². The number of halogens is 1. The summed E-state index contributed by atoms with van der Waals surface area (Å²) in [5, 5.41) is 8.49. The molecule has 0 amide bonds. The van der Waals surface area contributed by atoms with Gasteiger partial charge >= 0.3 is 5.97 Å². The first-order chi connectivity index (χ1) is 13.1. The smallest absolute Gasteiger partial charge is 0.362 e. The number of aromatic nitrogens is 3. The highest BCUT2D eigenvalue weighted by Crippen LogP contribution is 2.23. The molecule has 1 aromatic heterocycles. The molecule has 1 heterocycles. The molecule has 2 aromatic carbocycles. The molecule has 0 bridgehead atoms. The standard InChI is InChI=1S/C19H16ClN5O2/c1-3-27-19(26)17-18(22-12-21-15-6-4-5-13(2)11-15)25(24-23-17)16-9-7-14(20)8-10-16/h4-11H,3H2,1-2H3. The molecule has 0 N–H and O–H groups in total. The van der Waals surface area contributed by atoms with Crippen molar-refractivity contribution >= 4 is 35.1 Å². The molecule has 0 saturated heterocycles. The number of nitrogens with zero attached hydrogens (tertiary/aromatic N) is 5. The predicted octanol–water partition coefficient (Wildman–Crippen LogP) is 4.54. The van der Waals surface area contributed by atoms with Crippen molar-refractivity contribution in [1.29, 1.82) is 0 Å². The zero-order valence-corrected chi connectivity index (χ0v) is 15.5. The Morgan fingerprint density at radius 1 is 1.22 bits per heavy atom. The van der Waals surface area contributed by atoms with Gasteiger partial charge in [-0.3, -0.25) is 0 Å². The molecule has 0 radical (unpaired) electrons. The summed E-state index contributed by atoms with van der Waals surface area (Å²) in [6, 6.07) is 17.1. The molecular weight excluding hydrogens is 366 g/mol. The van der Waals surface area contributed by atoms with Crippen molar-refractivity contribution in [3.8, 4) is 5.69 Å². The molecular formula is C19H16ClN5O2. The van der Waals surface area contributed by atoms with Gasteiger partial charge in [0.1, 0.15) is 6.01 Å². The zero-order chi connectivity index (χ0) is 19.2. The summed E-state index contributed by atoms with van der Waals surface area (Å²) in [6.07, 6.45) is 0. The maximum Gasteiger partial charge on any atom is 0.362 e. The van der Waals surface area contributed by atoms with E-state index in [4.69, 9.17) is 16.3 Å². The highest BCUT2D eigenvalue weighted by atomic mass is 35.5. The van der Waals surface area contributed by atoms with Crippen molar-refractivity contribution in [3.63, 3.8) is 0 Å². The molecule has 0 atom stereocenters. The molecule has 0 unspecified atom stereocenters. The Labute approximate surface area is 161 Å². The molecule has 3 aromatic rings. The van der Waals surface area contributed by atoms with E-state index in [0.29, 0.717) is 16.4 Å². The van der Waals surface area contributed by atoms with Crippen molar-refractivity contribution in [3.05, 3.63) is 64.8 Å². The maximum absolute atomic E-state index is 12.2. The number of carbonyl (C=O) groups is 1. The second kappa shape index (κ2) is 8.40. The summed E-state index contributed by atoms with van der Waals surface area (Å²) in [6.45, 7) is 3.89. The molecule has 27 heavy (non-hydrogen) atoms. The lowest BCUT2D eigenvalue weighted by Crippen LogP contribution is -2.05. The average Bonchev–Trinajstić information content (AvgIpc) is 3.07. The fraction of sp³-hybridized carbons (Fsp3) is 0.158. The highest BCUT2D eigenvalue weighted by Gasteiger charge is 2.21. The fourth-order valence-corrected chi connectivity index (χ4v) is 2.42. The summed E-state index contributed by atoms with van der Waals surface area (Å²) >= 11 is 5.93. The van der Waals surface area contributed by atoms with Gasteiger partial charge in [-0.2, -0.15) is 14.7 Å². The van der Waals surface area contributed by atoms with Gasteiger partial charge < -0.3 is 4.74 Å². The minimum atomic E-state index is -0.617. The minimum absolute atomic E-state index is 0.0151. The van der Waals surface area contributed by atoms with Crippen LogP contribution in [0.2, 0.25) is 5.02 Å². The number of aliphatic imine (C=N–C) groups is 2. The number of esters is 1. The van der Waals surface area contributed by atoms with Crippen molar-refractivity contribution in [2.75, 3.05) is 6.61 Å². The summed E-state index contributed by atoms with van der Waals surface area (Å²) in [7, 11) is 0. The molecule has 0 aliphatic carbocycles. The van der Waals surface area contributed by atoms with Crippen LogP contribution in [0.15, 0.2) is 58.5 Å². The number of aryl methyl sites for hydroxylation is 1. The summed E-state index contributed by atoms with van der Waals surface area (Å²) in [5.41, 5.74) is 2.39. The molecule has 136 valence electrons. The first-order valence-electron chi connectivity index (χ1n) is 8.20. The van der Waals surface area contributed by atoms with E-state index in [2.05, 4.69) is 26.3 Å². The van der Waals surface area contributed by atoms with Gasteiger partial charge in [0, 0.05) is 5.02 Å². The normalized spacial score (nSPS) is 10.2. The zero-order valence-electron chi connectivity index (χ0n) is 14.8. The predicted molar refractivity (Wildman–Crippen MR) is 103 cm³/mol. The van der Waals surface area contributed by atoms with E-state index >= 15 is 0 Å². The average molecular weight is 382 g/mol. The van der Waals surface area contributed by atoms with Crippen LogP contribution in [0.3, 0.4) is 0 Å². The molecule has 3 rings (SSSR count). The third-order valence-electron chi connectivity index (χ3n) is 3.52. The molecule has 0 saturated carbocycles. The van der Waals surface area contributed by atoms with E-state index in [9.17, 15) is 4.79 Å². The highest BCUT2D eigenvalue weighted by molar-refractivity contribution is 6.30. The van der Waals surface area contributed by atoms with Crippen LogP contribution >= 0.6 is 11.6 Å². The van der Waals surface area contributed by atoms with Crippen LogP contribution in [0, 0.1) is 6.92 Å². The number of benzene rings is 2. The van der Waals surface area contributed by atoms with Gasteiger partial charge in [-0.05, 0) is 55.8 Å². The third-order valence-corrected chi connectivity index (χ3v) is 3.78. The van der Waals surface area contributed by atoms with E-state index in [0.717, 1.165) is 5.56 Å². The number of hydrogen-bond donors (Lipinski definition) is 0. The van der Waals surface area contributed by atoms with E-state index < -0.39 is 5.97 Å². The first-order valence-corrected chi connectivity index (χ1v) is 8.58. The quantitative estimate of drug-likeness (QED) is 0.479. The molecule has 8 heteroatoms. The Morgan fingerprint density at radius 3 is 2.70 bits per heavy atom. The second-order valence-corrected chi connectivity index (χ2v) is 5.97. The topological polar surface area (TPSA) is 81.7 Å². The van der Waals surface area contributed by atoms with E-state index in [1.54, 1.807) is 31.2 Å². The van der Waals surface area contributed by atoms with Gasteiger partial charge in [0.15, 0.2) is 0 Å². The Bertz CT molecular complexity index is 1020. The molecule has 0 aliphatic heterocycles. The second-order valence-electron chi connectivity index (χ2n) is 5.53. The lowest BCUT2D eigenvalue weighted by atomic mass is 10.2. The van der Waals surface area contributed by atoms with Gasteiger partial charge in [0.2, 0.25) is 11.5 Å². The van der Waals surface area contributed by atoms with Crippen LogP contribution < -0.4 is 0 Å². The van der Waals surface area contributed by atoms with Crippen LogP contribution in [-0.4, -0.2) is 33.6 Å². The summed E-state index contributed by atoms with van der Waals surface area (Å²) in [5.74, 6) is -0.444. The van der Waals surface area contributed by atoms with E-state index in [1.165, 1.54) is 4.68 Å². The summed E-state index contributed by atoms with van der Waals surface area (Å²) < 4.78 is 6.43. The van der Waals surface area contributed by atoms with Crippen LogP contribution in [0.5, 0.6) is 0 Å². The van der Waals surface area contributed by atoms with Gasteiger partial charge in [-0.15, -0.1) is 5.10 Å². The van der Waals surface area contributed by atoms with E-state index in [-0.39, 0.29) is 18.1 Å². The minimum Gasteiger partial charge on any atom is -0.461 e. The van der Waals surface area contributed by atoms with Crippen molar-refractivity contribution < 1.29 is 9.53 Å². The van der Waals surface area contributed by atoms with E-state index in [1.807, 2.05) is 31.2 Å². The first kappa shape index (κ1) is 18.5. The molecule has 7 nitrogen and oxygen atoms in total. The van der Waals surface area contributed by atoms with Crippen LogP contribution in [-0.2, 0) is 4.74 Å². The Balaban J connectivity index is 2.04. The summed E-state index contributed by atoms with van der Waals surface area (Å²) in [4.78, 5) is 20.5. The monoisotopic (exact) mass is 381 g/mol. The van der Waals surface area contributed by atoms with Crippen molar-refractivity contribution in [2.45, 2.75) is 13.8 Å². The Morgan fingerprint density at radius 2 is 2.00 bits per heavy atom. The SMILES string of the molecule is CCOC(=O)c1nnn(-c2ccc(Cl)cc2)c1N=C=Nc1cccc(C)c1. The third kappa shape index (κ3) is 4.47.